The number of hydrogen-bond donors (Lipinski definition) is 0. The van der Waals surface area contributed by atoms with Crippen LogP contribution in [0.25, 0.3) is 0 Å². The van der Waals surface area contributed by atoms with E-state index >= 15 is 0 Å². The summed E-state index contributed by atoms with van der Waals surface area (Å²) < 4.78 is 56.4. The molecule has 0 aromatic heterocycles. The number of thioether (sulfide) groups is 1. The Kier molecular flexibility index (Phi) is 6.56. The number of ether oxygens (including phenoxy) is 1. The van der Waals surface area contributed by atoms with Crippen LogP contribution in [0.1, 0.15) is 5.56 Å². The van der Waals surface area contributed by atoms with Crippen molar-refractivity contribution < 1.29 is 27.1 Å². The molecule has 0 saturated carbocycles. The van der Waals surface area contributed by atoms with Gasteiger partial charge < -0.3 is 14.5 Å². The molecule has 1 aliphatic heterocycles. The summed E-state index contributed by atoms with van der Waals surface area (Å²) in [7, 11) is 1.44. The number of methoxy groups -OCH3 is 1. The minimum absolute atomic E-state index is 0.00285. The molecule has 140 valence electrons. The number of aryl methyl sites for hydroxylation is 1. The van der Waals surface area contributed by atoms with Crippen molar-refractivity contribution in [1.82, 2.24) is 4.90 Å². The summed E-state index contributed by atoms with van der Waals surface area (Å²) in [5.74, 6) is -1.61. The van der Waals surface area contributed by atoms with Crippen LogP contribution in [-0.4, -0.2) is 62.6 Å². The maximum atomic E-state index is 14.3. The van der Waals surface area contributed by atoms with Crippen LogP contribution in [-0.2, 0) is 9.53 Å². The molecule has 2 rings (SSSR count). The molecule has 1 aromatic carbocycles. The lowest BCUT2D eigenvalue weighted by Crippen LogP contribution is -2.50. The van der Waals surface area contributed by atoms with E-state index in [1.807, 2.05) is 0 Å². The first-order chi connectivity index (χ1) is 11.7. The molecular weight excluding hydrogens is 360 g/mol. The van der Waals surface area contributed by atoms with E-state index in [9.17, 15) is 22.4 Å². The number of benzene rings is 1. The molecule has 1 amide bonds. The lowest BCUT2D eigenvalue weighted by Gasteiger charge is -2.36. The average Bonchev–Trinajstić information content (AvgIpc) is 2.53. The topological polar surface area (TPSA) is 32.8 Å². The second-order valence-electron chi connectivity index (χ2n) is 5.77. The van der Waals surface area contributed by atoms with E-state index in [0.29, 0.717) is 48.4 Å². The molecule has 0 radical (unpaired) electrons. The van der Waals surface area contributed by atoms with Gasteiger partial charge in [0.1, 0.15) is 12.4 Å². The van der Waals surface area contributed by atoms with E-state index in [1.165, 1.54) is 19.2 Å². The number of carbonyl (C=O) groups excluding carboxylic acids is 1. The van der Waals surface area contributed by atoms with E-state index in [2.05, 4.69) is 0 Å². The van der Waals surface area contributed by atoms with Crippen LogP contribution < -0.4 is 4.90 Å². The van der Waals surface area contributed by atoms with Crippen molar-refractivity contribution in [3.8, 4) is 0 Å². The van der Waals surface area contributed by atoms with Crippen LogP contribution in [0.4, 0.5) is 23.2 Å². The van der Waals surface area contributed by atoms with Gasteiger partial charge in [0, 0.05) is 38.2 Å². The van der Waals surface area contributed by atoms with Gasteiger partial charge in [0.05, 0.1) is 11.4 Å². The molecule has 0 aliphatic carbocycles. The standard InChI is InChI=1S/C16H20F4N2O2S/c1-11-7-12(17)13(8-14(11)25-10-16(18,19)20)21-3-5-22(6-4-21)15(23)9-24-2/h7-8H,3-6,9-10H2,1-2H3. The Bertz CT molecular complexity index is 617. The van der Waals surface area contributed by atoms with Gasteiger partial charge in [-0.1, -0.05) is 0 Å². The van der Waals surface area contributed by atoms with Crippen LogP contribution in [0.5, 0.6) is 0 Å². The van der Waals surface area contributed by atoms with Gasteiger partial charge in [0.2, 0.25) is 5.91 Å². The molecule has 25 heavy (non-hydrogen) atoms. The van der Waals surface area contributed by atoms with Gasteiger partial charge in [-0.25, -0.2) is 4.39 Å². The molecule has 0 N–H and O–H groups in total. The van der Waals surface area contributed by atoms with Crippen LogP contribution >= 0.6 is 11.8 Å². The zero-order valence-corrected chi connectivity index (χ0v) is 14.8. The number of rotatable bonds is 5. The summed E-state index contributed by atoms with van der Waals surface area (Å²) in [6.07, 6.45) is -4.28. The van der Waals surface area contributed by atoms with Gasteiger partial charge in [-0.3, -0.25) is 4.79 Å². The predicted octanol–water partition coefficient (Wildman–Crippen LogP) is 3.08. The second kappa shape index (κ2) is 8.27. The Morgan fingerprint density at radius 3 is 2.44 bits per heavy atom. The van der Waals surface area contributed by atoms with Gasteiger partial charge in [0.15, 0.2) is 0 Å². The van der Waals surface area contributed by atoms with Crippen LogP contribution in [0.3, 0.4) is 0 Å². The SMILES string of the molecule is COCC(=O)N1CCN(c2cc(SCC(F)(F)F)c(C)cc2F)CC1. The van der Waals surface area contributed by atoms with E-state index in [0.717, 1.165) is 0 Å². The number of halogens is 4. The van der Waals surface area contributed by atoms with Crippen LogP contribution in [0.2, 0.25) is 0 Å². The zero-order valence-electron chi connectivity index (χ0n) is 14.0. The van der Waals surface area contributed by atoms with Crippen LogP contribution in [0, 0.1) is 12.7 Å². The summed E-state index contributed by atoms with van der Waals surface area (Å²) in [5, 5.41) is 0. The number of anilines is 1. The third kappa shape index (κ3) is 5.50. The molecule has 0 spiro atoms. The fraction of sp³-hybridized carbons (Fsp3) is 0.562. The van der Waals surface area contributed by atoms with Crippen molar-refractivity contribution in [1.29, 1.82) is 0 Å². The minimum atomic E-state index is -4.28. The largest absolute Gasteiger partial charge is 0.398 e. The number of nitrogens with zero attached hydrogens (tertiary/aromatic N) is 2. The summed E-state index contributed by atoms with van der Waals surface area (Å²) in [5.41, 5.74) is 0.749. The Hall–Kier alpha value is -1.48. The average molecular weight is 380 g/mol. The molecule has 4 nitrogen and oxygen atoms in total. The number of piperazine rings is 1. The lowest BCUT2D eigenvalue weighted by molar-refractivity contribution is -0.135. The van der Waals surface area contributed by atoms with E-state index in [1.54, 1.807) is 16.7 Å². The normalized spacial score (nSPS) is 15.6. The highest BCUT2D eigenvalue weighted by Crippen LogP contribution is 2.34. The van der Waals surface area contributed by atoms with E-state index in [-0.39, 0.29) is 18.2 Å². The summed E-state index contributed by atoms with van der Waals surface area (Å²) in [4.78, 5) is 15.6. The molecule has 1 aromatic rings. The highest BCUT2D eigenvalue weighted by molar-refractivity contribution is 7.99. The quantitative estimate of drug-likeness (QED) is 0.581. The summed E-state index contributed by atoms with van der Waals surface area (Å²) >= 11 is 0.653. The smallest absolute Gasteiger partial charge is 0.375 e. The van der Waals surface area contributed by atoms with Gasteiger partial charge >= 0.3 is 6.18 Å². The first-order valence-corrected chi connectivity index (χ1v) is 8.71. The number of hydrogen-bond acceptors (Lipinski definition) is 4. The van der Waals surface area contributed by atoms with Crippen LogP contribution in [0.15, 0.2) is 17.0 Å². The third-order valence-corrected chi connectivity index (χ3v) is 5.10. The first kappa shape index (κ1) is 19.8. The van der Waals surface area contributed by atoms with Gasteiger partial charge in [-0.05, 0) is 24.6 Å². The predicted molar refractivity (Wildman–Crippen MR) is 88.6 cm³/mol. The Labute approximate surface area is 148 Å². The molecule has 1 aliphatic rings. The van der Waals surface area contributed by atoms with Crippen molar-refractivity contribution >= 4 is 23.4 Å². The third-order valence-electron chi connectivity index (χ3n) is 3.88. The molecule has 9 heteroatoms. The van der Waals surface area contributed by atoms with Gasteiger partial charge in [-0.2, -0.15) is 13.2 Å². The minimum Gasteiger partial charge on any atom is -0.375 e. The molecule has 0 unspecified atom stereocenters. The fourth-order valence-electron chi connectivity index (χ4n) is 2.61. The van der Waals surface area contributed by atoms with E-state index < -0.39 is 17.7 Å². The molecule has 1 heterocycles. The molecule has 0 bridgehead atoms. The van der Waals surface area contributed by atoms with Crippen molar-refractivity contribution in [2.45, 2.75) is 18.0 Å². The van der Waals surface area contributed by atoms with Crippen molar-refractivity contribution in [2.24, 2.45) is 0 Å². The van der Waals surface area contributed by atoms with Crippen molar-refractivity contribution in [2.75, 3.05) is 50.5 Å². The van der Waals surface area contributed by atoms with Gasteiger partial charge in [0.25, 0.3) is 0 Å². The highest BCUT2D eigenvalue weighted by atomic mass is 32.2. The van der Waals surface area contributed by atoms with Crippen molar-refractivity contribution in [3.63, 3.8) is 0 Å². The second-order valence-corrected chi connectivity index (χ2v) is 6.79. The van der Waals surface area contributed by atoms with Gasteiger partial charge in [-0.15, -0.1) is 11.8 Å². The Morgan fingerprint density at radius 1 is 1.24 bits per heavy atom. The molecule has 1 saturated heterocycles. The Balaban J connectivity index is 2.08. The maximum absolute atomic E-state index is 14.3. The highest BCUT2D eigenvalue weighted by Gasteiger charge is 2.28. The maximum Gasteiger partial charge on any atom is 0.398 e. The monoisotopic (exact) mass is 380 g/mol. The number of alkyl halides is 3. The zero-order chi connectivity index (χ0) is 18.6. The van der Waals surface area contributed by atoms with Crippen molar-refractivity contribution in [3.05, 3.63) is 23.5 Å². The first-order valence-electron chi connectivity index (χ1n) is 7.72. The summed E-state index contributed by atoms with van der Waals surface area (Å²) in [6, 6.07) is 2.73. The van der Waals surface area contributed by atoms with E-state index in [4.69, 9.17) is 4.74 Å². The molecular formula is C16H20F4N2O2S. The number of amides is 1. The Morgan fingerprint density at radius 2 is 1.88 bits per heavy atom. The number of carbonyl (C=O) groups is 1. The summed E-state index contributed by atoms with van der Waals surface area (Å²) in [6.45, 7) is 3.25. The fourth-order valence-corrected chi connectivity index (χ4v) is 3.41. The molecule has 1 fully saturated rings. The molecule has 0 atom stereocenters. The lowest BCUT2D eigenvalue weighted by atomic mass is 10.2.